The molecule has 1 aromatic rings. The van der Waals surface area contributed by atoms with E-state index >= 15 is 0 Å². The van der Waals surface area contributed by atoms with E-state index in [0.29, 0.717) is 12.4 Å². The Bertz CT molecular complexity index is 583. The summed E-state index contributed by atoms with van der Waals surface area (Å²) in [4.78, 5) is 18.0. The summed E-state index contributed by atoms with van der Waals surface area (Å²) in [6.07, 6.45) is 5.43. The average molecular weight is 282 g/mol. The first-order valence-corrected chi connectivity index (χ1v) is 8.22. The molecular formula is C13H18N2O3S. The number of anilines is 1. The van der Waals surface area contributed by atoms with E-state index in [9.17, 15) is 13.2 Å². The molecule has 1 fully saturated rings. The van der Waals surface area contributed by atoms with Crippen LogP contribution in [0.4, 0.5) is 5.82 Å². The fourth-order valence-electron chi connectivity index (χ4n) is 2.50. The predicted molar refractivity (Wildman–Crippen MR) is 73.0 cm³/mol. The zero-order valence-electron chi connectivity index (χ0n) is 11.2. The average Bonchev–Trinajstić information content (AvgIpc) is 2.37. The number of carbonyl (C=O) groups is 1. The van der Waals surface area contributed by atoms with Crippen LogP contribution in [0.25, 0.3) is 0 Å². The summed E-state index contributed by atoms with van der Waals surface area (Å²) in [5.41, 5.74) is 0. The number of carbonyl (C=O) groups excluding carboxylic acids is 1. The Balaban J connectivity index is 2.48. The van der Waals surface area contributed by atoms with Crippen molar-refractivity contribution in [1.82, 2.24) is 4.98 Å². The molecule has 19 heavy (non-hydrogen) atoms. The fraction of sp³-hybridized carbons (Fsp3) is 0.538. The number of hydrogen-bond donors (Lipinski definition) is 0. The van der Waals surface area contributed by atoms with Crippen molar-refractivity contribution in [3.8, 4) is 0 Å². The molecule has 0 N–H and O–H groups in total. The molecule has 0 aromatic carbocycles. The van der Waals surface area contributed by atoms with Crippen LogP contribution in [0.2, 0.25) is 0 Å². The molecule has 0 saturated carbocycles. The van der Waals surface area contributed by atoms with Gasteiger partial charge in [-0.05, 0) is 38.3 Å². The van der Waals surface area contributed by atoms with Gasteiger partial charge < -0.3 is 4.90 Å². The Morgan fingerprint density at radius 2 is 2.16 bits per heavy atom. The number of ketones is 1. The first-order chi connectivity index (χ1) is 8.91. The van der Waals surface area contributed by atoms with E-state index < -0.39 is 9.84 Å². The van der Waals surface area contributed by atoms with Crippen molar-refractivity contribution in [2.75, 3.05) is 17.7 Å². The van der Waals surface area contributed by atoms with Crippen molar-refractivity contribution >= 4 is 21.4 Å². The van der Waals surface area contributed by atoms with Gasteiger partial charge in [-0.3, -0.25) is 4.79 Å². The Kier molecular flexibility index (Phi) is 3.89. The minimum Gasteiger partial charge on any atom is -0.346 e. The van der Waals surface area contributed by atoms with Crippen LogP contribution in [0.15, 0.2) is 23.2 Å². The molecule has 1 unspecified atom stereocenters. The number of pyridine rings is 1. The maximum Gasteiger partial charge on any atom is 0.179 e. The SMILES string of the molecule is CC(=O)C1CCCCN1c1ncccc1S(C)(=O)=O. The number of nitrogens with zero attached hydrogens (tertiary/aromatic N) is 2. The number of hydrogen-bond acceptors (Lipinski definition) is 5. The summed E-state index contributed by atoms with van der Waals surface area (Å²) >= 11 is 0. The predicted octanol–water partition coefficient (Wildman–Crippen LogP) is 1.43. The smallest absolute Gasteiger partial charge is 0.179 e. The molecule has 1 aliphatic rings. The van der Waals surface area contributed by atoms with E-state index in [1.165, 1.54) is 6.26 Å². The van der Waals surface area contributed by atoms with Crippen LogP contribution in [0.1, 0.15) is 26.2 Å². The number of rotatable bonds is 3. The fourth-order valence-corrected chi connectivity index (χ4v) is 3.32. The molecule has 0 spiro atoms. The van der Waals surface area contributed by atoms with Gasteiger partial charge in [-0.15, -0.1) is 0 Å². The van der Waals surface area contributed by atoms with Crippen molar-refractivity contribution in [1.29, 1.82) is 0 Å². The number of piperidine rings is 1. The first kappa shape index (κ1) is 14.0. The van der Waals surface area contributed by atoms with Crippen LogP contribution in [0, 0.1) is 0 Å². The molecule has 2 heterocycles. The topological polar surface area (TPSA) is 67.3 Å². The van der Waals surface area contributed by atoms with Gasteiger partial charge in [-0.2, -0.15) is 0 Å². The van der Waals surface area contributed by atoms with E-state index in [4.69, 9.17) is 0 Å². The highest BCUT2D eigenvalue weighted by Gasteiger charge is 2.30. The number of sulfone groups is 1. The van der Waals surface area contributed by atoms with Gasteiger partial charge in [0.1, 0.15) is 10.7 Å². The highest BCUT2D eigenvalue weighted by Crippen LogP contribution is 2.28. The zero-order valence-corrected chi connectivity index (χ0v) is 12.0. The van der Waals surface area contributed by atoms with Crippen LogP contribution < -0.4 is 4.90 Å². The third-order valence-corrected chi connectivity index (χ3v) is 4.51. The molecule has 6 heteroatoms. The second-order valence-electron chi connectivity index (χ2n) is 4.91. The van der Waals surface area contributed by atoms with Gasteiger partial charge in [-0.1, -0.05) is 0 Å². The van der Waals surface area contributed by atoms with Crippen LogP contribution in [-0.4, -0.2) is 38.0 Å². The minimum absolute atomic E-state index is 0.0600. The Hall–Kier alpha value is -1.43. The van der Waals surface area contributed by atoms with Gasteiger partial charge in [0.25, 0.3) is 0 Å². The van der Waals surface area contributed by atoms with Gasteiger partial charge in [0.2, 0.25) is 0 Å². The summed E-state index contributed by atoms with van der Waals surface area (Å²) in [5.74, 6) is 0.467. The molecular weight excluding hydrogens is 264 g/mol. The second kappa shape index (κ2) is 5.28. The van der Waals surface area contributed by atoms with Gasteiger partial charge in [0.05, 0.1) is 6.04 Å². The van der Waals surface area contributed by atoms with Crippen molar-refractivity contribution in [2.45, 2.75) is 37.1 Å². The number of Topliss-reactive ketones (excluding diaryl/α,β-unsaturated/α-hetero) is 1. The summed E-state index contributed by atoms with van der Waals surface area (Å²) in [7, 11) is -3.35. The lowest BCUT2D eigenvalue weighted by Crippen LogP contribution is -2.44. The molecule has 0 aliphatic carbocycles. The minimum atomic E-state index is -3.35. The lowest BCUT2D eigenvalue weighted by Gasteiger charge is -2.35. The molecule has 0 radical (unpaired) electrons. The molecule has 1 aromatic heterocycles. The third-order valence-electron chi connectivity index (χ3n) is 3.39. The lowest BCUT2D eigenvalue weighted by molar-refractivity contribution is -0.118. The molecule has 2 rings (SSSR count). The standard InChI is InChI=1S/C13H18N2O3S/c1-10(16)11-6-3-4-9-15(11)13-12(19(2,17)18)7-5-8-14-13/h5,7-8,11H,3-4,6,9H2,1-2H3. The highest BCUT2D eigenvalue weighted by molar-refractivity contribution is 7.90. The quantitative estimate of drug-likeness (QED) is 0.839. The van der Waals surface area contributed by atoms with Gasteiger partial charge >= 0.3 is 0 Å². The molecule has 1 atom stereocenters. The molecule has 5 nitrogen and oxygen atoms in total. The van der Waals surface area contributed by atoms with E-state index in [1.807, 2.05) is 4.90 Å². The molecule has 0 amide bonds. The van der Waals surface area contributed by atoms with Crippen LogP contribution >= 0.6 is 0 Å². The van der Waals surface area contributed by atoms with E-state index in [1.54, 1.807) is 25.3 Å². The van der Waals surface area contributed by atoms with E-state index in [-0.39, 0.29) is 16.7 Å². The van der Waals surface area contributed by atoms with E-state index in [0.717, 1.165) is 19.3 Å². The largest absolute Gasteiger partial charge is 0.346 e. The molecule has 1 saturated heterocycles. The van der Waals surface area contributed by atoms with Crippen LogP contribution in [-0.2, 0) is 14.6 Å². The zero-order chi connectivity index (χ0) is 14.0. The maximum atomic E-state index is 11.8. The normalized spacial score (nSPS) is 20.3. The maximum absolute atomic E-state index is 11.8. The van der Waals surface area contributed by atoms with Crippen molar-refractivity contribution in [2.24, 2.45) is 0 Å². The van der Waals surface area contributed by atoms with E-state index in [2.05, 4.69) is 4.98 Å². The molecule has 1 aliphatic heterocycles. The van der Waals surface area contributed by atoms with Crippen molar-refractivity contribution in [3.63, 3.8) is 0 Å². The summed E-state index contributed by atoms with van der Waals surface area (Å²) in [6, 6.07) is 2.89. The number of aromatic nitrogens is 1. The highest BCUT2D eigenvalue weighted by atomic mass is 32.2. The molecule has 0 bridgehead atoms. The van der Waals surface area contributed by atoms with Crippen molar-refractivity contribution < 1.29 is 13.2 Å². The summed E-state index contributed by atoms with van der Waals surface area (Å²) < 4.78 is 23.6. The lowest BCUT2D eigenvalue weighted by atomic mass is 9.99. The van der Waals surface area contributed by atoms with Crippen molar-refractivity contribution in [3.05, 3.63) is 18.3 Å². The Labute approximate surface area is 113 Å². The summed E-state index contributed by atoms with van der Waals surface area (Å²) in [6.45, 7) is 2.22. The van der Waals surface area contributed by atoms with Gasteiger partial charge in [-0.25, -0.2) is 13.4 Å². The Morgan fingerprint density at radius 3 is 2.79 bits per heavy atom. The second-order valence-corrected chi connectivity index (χ2v) is 6.90. The van der Waals surface area contributed by atoms with Crippen LogP contribution in [0.3, 0.4) is 0 Å². The van der Waals surface area contributed by atoms with Gasteiger partial charge in [0.15, 0.2) is 15.6 Å². The summed E-state index contributed by atoms with van der Waals surface area (Å²) in [5, 5.41) is 0. The Morgan fingerprint density at radius 1 is 1.42 bits per heavy atom. The first-order valence-electron chi connectivity index (χ1n) is 6.33. The van der Waals surface area contributed by atoms with Gasteiger partial charge in [0, 0.05) is 19.0 Å². The third kappa shape index (κ3) is 2.94. The van der Waals surface area contributed by atoms with Crippen LogP contribution in [0.5, 0.6) is 0 Å². The molecule has 104 valence electrons. The monoisotopic (exact) mass is 282 g/mol.